The molecule has 2 nitrogen and oxygen atoms in total. The van der Waals surface area contributed by atoms with E-state index in [1.807, 2.05) is 25.1 Å². The number of hydrogen-bond donors (Lipinski definition) is 1. The standard InChI is InChI=1S/C13H17ClN2/c1-9(2)11(7-15)8-16-13-6-12(14)5-4-10(13)3/h4-6,9,11,16H,8H2,1-3H3. The van der Waals surface area contributed by atoms with E-state index in [2.05, 4.69) is 25.2 Å². The van der Waals surface area contributed by atoms with Crippen molar-refractivity contribution in [1.82, 2.24) is 0 Å². The quantitative estimate of drug-likeness (QED) is 0.862. The van der Waals surface area contributed by atoms with Gasteiger partial charge in [0.2, 0.25) is 0 Å². The maximum Gasteiger partial charge on any atom is 0.0677 e. The van der Waals surface area contributed by atoms with Crippen LogP contribution in [-0.2, 0) is 0 Å². The Labute approximate surface area is 102 Å². The summed E-state index contributed by atoms with van der Waals surface area (Å²) >= 11 is 5.92. The number of benzene rings is 1. The summed E-state index contributed by atoms with van der Waals surface area (Å²) in [6.45, 7) is 6.80. The average Bonchev–Trinajstić information content (AvgIpc) is 2.23. The number of hydrogen-bond acceptors (Lipinski definition) is 2. The zero-order valence-electron chi connectivity index (χ0n) is 9.92. The number of nitrogens with zero attached hydrogens (tertiary/aromatic N) is 1. The highest BCUT2D eigenvalue weighted by atomic mass is 35.5. The molecule has 0 saturated carbocycles. The smallest absolute Gasteiger partial charge is 0.0677 e. The van der Waals surface area contributed by atoms with Crippen molar-refractivity contribution in [3.8, 4) is 6.07 Å². The number of aryl methyl sites for hydroxylation is 1. The highest BCUT2D eigenvalue weighted by molar-refractivity contribution is 6.30. The minimum atomic E-state index is 0.0263. The SMILES string of the molecule is Cc1ccc(Cl)cc1NCC(C#N)C(C)C. The third-order valence-electron chi connectivity index (χ3n) is 2.68. The van der Waals surface area contributed by atoms with Gasteiger partial charge in [0.25, 0.3) is 0 Å². The first-order valence-electron chi connectivity index (χ1n) is 5.44. The molecule has 0 aromatic heterocycles. The van der Waals surface area contributed by atoms with Gasteiger partial charge in [0.1, 0.15) is 0 Å². The Morgan fingerprint density at radius 3 is 2.69 bits per heavy atom. The fraction of sp³-hybridized carbons (Fsp3) is 0.462. The average molecular weight is 237 g/mol. The Morgan fingerprint density at radius 2 is 2.12 bits per heavy atom. The third kappa shape index (κ3) is 3.43. The second-order valence-corrected chi connectivity index (χ2v) is 4.76. The molecule has 1 aromatic carbocycles. The molecule has 0 aliphatic rings. The van der Waals surface area contributed by atoms with E-state index in [-0.39, 0.29) is 5.92 Å². The number of nitriles is 1. The Kier molecular flexibility index (Phi) is 4.64. The van der Waals surface area contributed by atoms with Crippen molar-refractivity contribution in [1.29, 1.82) is 5.26 Å². The van der Waals surface area contributed by atoms with Crippen molar-refractivity contribution in [3.05, 3.63) is 28.8 Å². The molecule has 1 atom stereocenters. The molecule has 0 fully saturated rings. The molecular formula is C13H17ClN2. The molecule has 1 unspecified atom stereocenters. The summed E-state index contributed by atoms with van der Waals surface area (Å²) in [7, 11) is 0. The Hall–Kier alpha value is -1.20. The Morgan fingerprint density at radius 1 is 1.44 bits per heavy atom. The molecule has 0 heterocycles. The summed E-state index contributed by atoms with van der Waals surface area (Å²) in [4.78, 5) is 0. The first-order valence-corrected chi connectivity index (χ1v) is 5.82. The fourth-order valence-corrected chi connectivity index (χ4v) is 1.61. The van der Waals surface area contributed by atoms with Crippen LogP contribution in [-0.4, -0.2) is 6.54 Å². The molecule has 0 amide bonds. The van der Waals surface area contributed by atoms with Crippen molar-refractivity contribution in [2.45, 2.75) is 20.8 Å². The number of anilines is 1. The minimum Gasteiger partial charge on any atom is -0.383 e. The van der Waals surface area contributed by atoms with E-state index < -0.39 is 0 Å². The molecule has 1 rings (SSSR count). The molecule has 0 radical (unpaired) electrons. The van der Waals surface area contributed by atoms with Crippen molar-refractivity contribution >= 4 is 17.3 Å². The van der Waals surface area contributed by atoms with Gasteiger partial charge in [-0.3, -0.25) is 0 Å². The summed E-state index contributed by atoms with van der Waals surface area (Å²) in [5.41, 5.74) is 2.15. The summed E-state index contributed by atoms with van der Waals surface area (Å²) in [6.07, 6.45) is 0. The second-order valence-electron chi connectivity index (χ2n) is 4.32. The lowest BCUT2D eigenvalue weighted by molar-refractivity contribution is 0.496. The van der Waals surface area contributed by atoms with E-state index in [0.29, 0.717) is 17.5 Å². The predicted molar refractivity (Wildman–Crippen MR) is 68.6 cm³/mol. The zero-order valence-corrected chi connectivity index (χ0v) is 10.7. The molecule has 0 saturated heterocycles. The first kappa shape index (κ1) is 12.9. The van der Waals surface area contributed by atoms with Crippen LogP contribution in [0.5, 0.6) is 0 Å². The Balaban J connectivity index is 2.67. The maximum absolute atomic E-state index is 8.98. The summed E-state index contributed by atoms with van der Waals surface area (Å²) in [5.74, 6) is 0.385. The number of nitrogens with one attached hydrogen (secondary N) is 1. The van der Waals surface area contributed by atoms with Crippen LogP contribution < -0.4 is 5.32 Å². The molecule has 3 heteroatoms. The van der Waals surface area contributed by atoms with E-state index >= 15 is 0 Å². The molecule has 0 bridgehead atoms. The Bertz CT molecular complexity index is 393. The summed E-state index contributed by atoms with van der Waals surface area (Å²) in [5, 5.41) is 13.0. The molecule has 1 N–H and O–H groups in total. The predicted octanol–water partition coefficient (Wildman–Crippen LogP) is 3.86. The lowest BCUT2D eigenvalue weighted by Crippen LogP contribution is -2.18. The van der Waals surface area contributed by atoms with Crippen LogP contribution in [0.1, 0.15) is 19.4 Å². The van der Waals surface area contributed by atoms with Crippen molar-refractivity contribution in [2.24, 2.45) is 11.8 Å². The van der Waals surface area contributed by atoms with Crippen molar-refractivity contribution in [2.75, 3.05) is 11.9 Å². The summed E-state index contributed by atoms with van der Waals surface area (Å²) < 4.78 is 0. The first-order chi connectivity index (χ1) is 7.54. The normalized spacial score (nSPS) is 12.2. The van der Waals surface area contributed by atoms with Gasteiger partial charge in [-0.2, -0.15) is 5.26 Å². The van der Waals surface area contributed by atoms with E-state index in [1.54, 1.807) is 0 Å². The van der Waals surface area contributed by atoms with Gasteiger partial charge in [0.05, 0.1) is 12.0 Å². The summed E-state index contributed by atoms with van der Waals surface area (Å²) in [6, 6.07) is 8.05. The van der Waals surface area contributed by atoms with Gasteiger partial charge in [-0.15, -0.1) is 0 Å². The van der Waals surface area contributed by atoms with Crippen LogP contribution in [0.2, 0.25) is 5.02 Å². The van der Waals surface area contributed by atoms with E-state index in [1.165, 1.54) is 0 Å². The van der Waals surface area contributed by atoms with Gasteiger partial charge in [0, 0.05) is 17.3 Å². The minimum absolute atomic E-state index is 0.0263. The molecule has 0 spiro atoms. The molecule has 0 aliphatic heterocycles. The highest BCUT2D eigenvalue weighted by Gasteiger charge is 2.12. The maximum atomic E-state index is 8.98. The van der Waals surface area contributed by atoms with Crippen molar-refractivity contribution < 1.29 is 0 Å². The monoisotopic (exact) mass is 236 g/mol. The van der Waals surface area contributed by atoms with Gasteiger partial charge in [-0.25, -0.2) is 0 Å². The molecule has 86 valence electrons. The topological polar surface area (TPSA) is 35.8 Å². The highest BCUT2D eigenvalue weighted by Crippen LogP contribution is 2.21. The second kappa shape index (κ2) is 5.77. The van der Waals surface area contributed by atoms with Gasteiger partial charge in [-0.1, -0.05) is 31.5 Å². The van der Waals surface area contributed by atoms with Crippen LogP contribution in [0.25, 0.3) is 0 Å². The van der Waals surface area contributed by atoms with Crippen LogP contribution in [0, 0.1) is 30.1 Å². The van der Waals surface area contributed by atoms with E-state index in [0.717, 1.165) is 11.3 Å². The van der Waals surface area contributed by atoms with E-state index in [4.69, 9.17) is 16.9 Å². The van der Waals surface area contributed by atoms with Gasteiger partial charge >= 0.3 is 0 Å². The fourth-order valence-electron chi connectivity index (χ4n) is 1.44. The van der Waals surface area contributed by atoms with Gasteiger partial charge in [-0.05, 0) is 30.5 Å². The molecule has 16 heavy (non-hydrogen) atoms. The van der Waals surface area contributed by atoms with Crippen molar-refractivity contribution in [3.63, 3.8) is 0 Å². The van der Waals surface area contributed by atoms with Crippen LogP contribution in [0.3, 0.4) is 0 Å². The van der Waals surface area contributed by atoms with Crippen LogP contribution in [0.15, 0.2) is 18.2 Å². The van der Waals surface area contributed by atoms with Gasteiger partial charge < -0.3 is 5.32 Å². The molecule has 0 aliphatic carbocycles. The molecule has 1 aromatic rings. The third-order valence-corrected chi connectivity index (χ3v) is 2.92. The van der Waals surface area contributed by atoms with E-state index in [9.17, 15) is 0 Å². The zero-order chi connectivity index (χ0) is 12.1. The lowest BCUT2D eigenvalue weighted by Gasteiger charge is -2.16. The van der Waals surface area contributed by atoms with Gasteiger partial charge in [0.15, 0.2) is 0 Å². The molecular weight excluding hydrogens is 220 g/mol. The largest absolute Gasteiger partial charge is 0.383 e. The number of rotatable bonds is 4. The number of halogens is 1. The van der Waals surface area contributed by atoms with Crippen LogP contribution in [0.4, 0.5) is 5.69 Å². The lowest BCUT2D eigenvalue weighted by atomic mass is 9.97. The van der Waals surface area contributed by atoms with Crippen LogP contribution >= 0.6 is 11.6 Å².